The van der Waals surface area contributed by atoms with Crippen molar-refractivity contribution in [1.29, 1.82) is 0 Å². The molecular formula is C24H29N5O4. The molecule has 2 amide bonds. The van der Waals surface area contributed by atoms with Gasteiger partial charge in [0.1, 0.15) is 11.9 Å². The van der Waals surface area contributed by atoms with Gasteiger partial charge in [-0.2, -0.15) is 0 Å². The van der Waals surface area contributed by atoms with Crippen molar-refractivity contribution in [2.75, 3.05) is 11.9 Å². The Kier molecular flexibility index (Phi) is 7.64. The topological polar surface area (TPSA) is 114 Å². The van der Waals surface area contributed by atoms with Crippen molar-refractivity contribution < 1.29 is 19.2 Å². The Labute approximate surface area is 192 Å². The number of hydrogen-bond acceptors (Lipinski definition) is 7. The van der Waals surface area contributed by atoms with Crippen LogP contribution in [0, 0.1) is 0 Å². The van der Waals surface area contributed by atoms with Crippen LogP contribution in [0.4, 0.5) is 5.82 Å². The van der Waals surface area contributed by atoms with Crippen LogP contribution >= 0.6 is 0 Å². The minimum atomic E-state index is -0.464. The first-order chi connectivity index (χ1) is 16.1. The monoisotopic (exact) mass is 451 g/mol. The molecule has 0 bridgehead atoms. The van der Waals surface area contributed by atoms with Crippen molar-refractivity contribution in [2.45, 2.75) is 57.4 Å². The van der Waals surface area contributed by atoms with Gasteiger partial charge in [-0.3, -0.25) is 14.6 Å². The lowest BCUT2D eigenvalue weighted by atomic mass is 10.1. The molecule has 9 nitrogen and oxygen atoms in total. The number of ether oxygens (including phenoxy) is 1. The first-order valence-corrected chi connectivity index (χ1v) is 11.3. The van der Waals surface area contributed by atoms with E-state index in [0.717, 1.165) is 32.1 Å². The third kappa shape index (κ3) is 6.59. The number of anilines is 1. The van der Waals surface area contributed by atoms with E-state index >= 15 is 0 Å². The summed E-state index contributed by atoms with van der Waals surface area (Å²) in [5.74, 6) is -0.0172. The van der Waals surface area contributed by atoms with Crippen LogP contribution in [0.1, 0.15) is 43.0 Å². The molecular weight excluding hydrogens is 422 g/mol. The Morgan fingerprint density at radius 1 is 1.15 bits per heavy atom. The largest absolute Gasteiger partial charge is 0.357 e. The molecule has 33 heavy (non-hydrogen) atoms. The van der Waals surface area contributed by atoms with E-state index in [1.165, 1.54) is 35.7 Å². The normalized spacial score (nSPS) is 19.1. The second kappa shape index (κ2) is 11.0. The van der Waals surface area contributed by atoms with Gasteiger partial charge < -0.3 is 15.4 Å². The predicted molar refractivity (Wildman–Crippen MR) is 123 cm³/mol. The maximum absolute atomic E-state index is 12.6. The van der Waals surface area contributed by atoms with Crippen LogP contribution in [0.2, 0.25) is 0 Å². The van der Waals surface area contributed by atoms with Crippen molar-refractivity contribution in [3.63, 3.8) is 0 Å². The maximum Gasteiger partial charge on any atom is 0.267 e. The average molecular weight is 452 g/mol. The molecule has 1 saturated heterocycles. The van der Waals surface area contributed by atoms with Gasteiger partial charge in [0, 0.05) is 25.1 Å². The summed E-state index contributed by atoms with van der Waals surface area (Å²) in [5.41, 5.74) is 5.44. The summed E-state index contributed by atoms with van der Waals surface area (Å²) in [6.45, 7) is 2.43. The standard InChI is InChI=1S/C24H29N5O4/c1-16(24(31)28-20-12-17-6-2-3-7-18(17)13-20)27-21-15-25-19(14-26-21)9-10-22(30)29-33-23-8-4-5-11-32-23/h2-3,6-7,9-10,14-16,20,23H,4-5,8,11-13H2,1H3,(H,26,27)(H,28,31)(H,29,30)/b10-9+/t16-,23?/m1/s1. The molecule has 4 rings (SSSR count). The van der Waals surface area contributed by atoms with Gasteiger partial charge in [0.05, 0.1) is 18.1 Å². The predicted octanol–water partition coefficient (Wildman–Crippen LogP) is 2.15. The van der Waals surface area contributed by atoms with Crippen LogP contribution in [-0.2, 0) is 32.0 Å². The molecule has 0 radical (unpaired) electrons. The number of carbonyl (C=O) groups excluding carboxylic acids is 2. The second-order valence-corrected chi connectivity index (χ2v) is 8.29. The zero-order valence-corrected chi connectivity index (χ0v) is 18.6. The van der Waals surface area contributed by atoms with Crippen LogP contribution in [0.15, 0.2) is 42.7 Å². The number of hydroxylamine groups is 1. The van der Waals surface area contributed by atoms with E-state index in [4.69, 9.17) is 9.57 Å². The van der Waals surface area contributed by atoms with E-state index in [2.05, 4.69) is 38.2 Å². The highest BCUT2D eigenvalue weighted by Gasteiger charge is 2.24. The second-order valence-electron chi connectivity index (χ2n) is 8.29. The van der Waals surface area contributed by atoms with E-state index in [1.807, 2.05) is 12.1 Å². The highest BCUT2D eigenvalue weighted by molar-refractivity contribution is 5.90. The van der Waals surface area contributed by atoms with Crippen molar-refractivity contribution in [1.82, 2.24) is 20.8 Å². The van der Waals surface area contributed by atoms with Gasteiger partial charge >= 0.3 is 0 Å². The molecule has 2 atom stereocenters. The maximum atomic E-state index is 12.6. The van der Waals surface area contributed by atoms with Crippen molar-refractivity contribution in [3.05, 3.63) is 59.6 Å². The SMILES string of the molecule is C[C@@H](Nc1cnc(/C=C/C(=O)NOC2CCCCO2)cn1)C(=O)NC1Cc2ccccc2C1. The zero-order chi connectivity index (χ0) is 23.0. The number of hydrogen-bond donors (Lipinski definition) is 3. The lowest BCUT2D eigenvalue weighted by Gasteiger charge is -2.21. The Hall–Kier alpha value is -3.30. The van der Waals surface area contributed by atoms with Gasteiger partial charge in [-0.1, -0.05) is 24.3 Å². The Morgan fingerprint density at radius 3 is 2.61 bits per heavy atom. The molecule has 1 fully saturated rings. The molecule has 9 heteroatoms. The highest BCUT2D eigenvalue weighted by Crippen LogP contribution is 2.21. The fraction of sp³-hybridized carbons (Fsp3) is 0.417. The van der Waals surface area contributed by atoms with Gasteiger partial charge in [0.25, 0.3) is 5.91 Å². The van der Waals surface area contributed by atoms with Gasteiger partial charge in [-0.15, -0.1) is 0 Å². The number of fused-ring (bicyclic) bond motifs is 1. The van der Waals surface area contributed by atoms with E-state index in [1.54, 1.807) is 6.92 Å². The summed E-state index contributed by atoms with van der Waals surface area (Å²) in [6, 6.07) is 7.91. The van der Waals surface area contributed by atoms with Gasteiger partial charge in [0.15, 0.2) is 6.29 Å². The third-order valence-electron chi connectivity index (χ3n) is 5.66. The molecule has 174 valence electrons. The van der Waals surface area contributed by atoms with E-state index in [0.29, 0.717) is 18.1 Å². The number of rotatable bonds is 8. The number of benzene rings is 1. The molecule has 1 aromatic carbocycles. The number of carbonyl (C=O) groups is 2. The molecule has 1 aliphatic heterocycles. The zero-order valence-electron chi connectivity index (χ0n) is 18.6. The number of amides is 2. The summed E-state index contributed by atoms with van der Waals surface area (Å²) in [5, 5.41) is 6.16. The van der Waals surface area contributed by atoms with Crippen LogP contribution in [0.3, 0.4) is 0 Å². The smallest absolute Gasteiger partial charge is 0.267 e. The summed E-state index contributed by atoms with van der Waals surface area (Å²) in [6.07, 6.45) is 9.98. The summed E-state index contributed by atoms with van der Waals surface area (Å²) >= 11 is 0. The van der Waals surface area contributed by atoms with Gasteiger partial charge in [-0.25, -0.2) is 15.3 Å². The van der Waals surface area contributed by atoms with Crippen LogP contribution < -0.4 is 16.1 Å². The lowest BCUT2D eigenvalue weighted by Crippen LogP contribution is -2.43. The summed E-state index contributed by atoms with van der Waals surface area (Å²) < 4.78 is 5.39. The van der Waals surface area contributed by atoms with E-state index in [-0.39, 0.29) is 11.9 Å². The van der Waals surface area contributed by atoms with Crippen molar-refractivity contribution in [2.24, 2.45) is 0 Å². The molecule has 1 aromatic heterocycles. The van der Waals surface area contributed by atoms with E-state index < -0.39 is 18.2 Å². The number of aromatic nitrogens is 2. The molecule has 2 heterocycles. The molecule has 2 aromatic rings. The minimum Gasteiger partial charge on any atom is -0.357 e. The highest BCUT2D eigenvalue weighted by atomic mass is 16.8. The summed E-state index contributed by atoms with van der Waals surface area (Å²) in [4.78, 5) is 38.2. The van der Waals surface area contributed by atoms with Crippen molar-refractivity contribution in [3.8, 4) is 0 Å². The Morgan fingerprint density at radius 2 is 1.94 bits per heavy atom. The first kappa shape index (κ1) is 22.9. The molecule has 3 N–H and O–H groups in total. The minimum absolute atomic E-state index is 0.0859. The summed E-state index contributed by atoms with van der Waals surface area (Å²) in [7, 11) is 0. The fourth-order valence-corrected chi connectivity index (χ4v) is 3.90. The molecule has 1 unspecified atom stereocenters. The van der Waals surface area contributed by atoms with Gasteiger partial charge in [0.2, 0.25) is 5.91 Å². The van der Waals surface area contributed by atoms with Crippen LogP contribution in [0.5, 0.6) is 0 Å². The van der Waals surface area contributed by atoms with Gasteiger partial charge in [-0.05, 0) is 49.8 Å². The number of nitrogens with zero attached hydrogens (tertiary/aromatic N) is 2. The fourth-order valence-electron chi connectivity index (χ4n) is 3.90. The third-order valence-corrected chi connectivity index (χ3v) is 5.66. The Balaban J connectivity index is 1.20. The number of nitrogens with one attached hydrogen (secondary N) is 3. The first-order valence-electron chi connectivity index (χ1n) is 11.3. The molecule has 1 aliphatic carbocycles. The quantitative estimate of drug-likeness (QED) is 0.416. The molecule has 2 aliphatic rings. The average Bonchev–Trinajstić information content (AvgIpc) is 3.25. The molecule has 0 saturated carbocycles. The Bertz CT molecular complexity index is 964. The van der Waals surface area contributed by atoms with Crippen LogP contribution in [0.25, 0.3) is 6.08 Å². The molecule has 0 spiro atoms. The van der Waals surface area contributed by atoms with Crippen molar-refractivity contribution >= 4 is 23.7 Å². The van der Waals surface area contributed by atoms with Crippen LogP contribution in [-0.4, -0.2) is 46.8 Å². The lowest BCUT2D eigenvalue weighted by molar-refractivity contribution is -0.198. The van der Waals surface area contributed by atoms with E-state index in [9.17, 15) is 9.59 Å².